The molecule has 1 aliphatic heterocycles. The number of rotatable bonds is 9. The van der Waals surface area contributed by atoms with Crippen LogP contribution < -0.4 is 5.32 Å². The fourth-order valence-corrected chi connectivity index (χ4v) is 4.90. The van der Waals surface area contributed by atoms with Crippen LogP contribution in [0.15, 0.2) is 47.1 Å². The molecule has 0 unspecified atom stereocenters. The third kappa shape index (κ3) is 6.26. The van der Waals surface area contributed by atoms with E-state index < -0.39 is 5.97 Å². The molecule has 32 heavy (non-hydrogen) atoms. The number of esters is 1. The Morgan fingerprint density at radius 3 is 2.81 bits per heavy atom. The Hall–Kier alpha value is -2.53. The maximum absolute atomic E-state index is 12.2. The fraction of sp³-hybridized carbons (Fsp3) is 0.364. The van der Waals surface area contributed by atoms with Gasteiger partial charge in [-0.25, -0.2) is 9.97 Å². The van der Waals surface area contributed by atoms with Gasteiger partial charge in [-0.1, -0.05) is 36.0 Å². The second kappa shape index (κ2) is 11.4. The summed E-state index contributed by atoms with van der Waals surface area (Å²) in [5.74, 6) is -0.705. The summed E-state index contributed by atoms with van der Waals surface area (Å²) in [5, 5.41) is 6.43. The van der Waals surface area contributed by atoms with E-state index in [1.165, 1.54) is 35.0 Å². The highest BCUT2D eigenvalue weighted by atomic mass is 32.2. The molecule has 10 heteroatoms. The van der Waals surface area contributed by atoms with E-state index in [1.54, 1.807) is 0 Å². The van der Waals surface area contributed by atoms with E-state index >= 15 is 0 Å². The quantitative estimate of drug-likeness (QED) is 0.288. The van der Waals surface area contributed by atoms with Crippen molar-refractivity contribution in [2.75, 3.05) is 38.7 Å². The molecule has 8 nitrogen and oxygen atoms in total. The van der Waals surface area contributed by atoms with E-state index in [0.717, 1.165) is 53.7 Å². The number of aromatic nitrogens is 2. The number of hydrogen-bond acceptors (Lipinski definition) is 9. The lowest BCUT2D eigenvalue weighted by atomic mass is 10.1. The number of ether oxygens (including phenoxy) is 2. The zero-order chi connectivity index (χ0) is 22.2. The minimum atomic E-state index is -0.458. The van der Waals surface area contributed by atoms with Crippen LogP contribution in [0.25, 0.3) is 10.2 Å². The Kier molecular flexibility index (Phi) is 8.05. The van der Waals surface area contributed by atoms with Crippen molar-refractivity contribution in [2.45, 2.75) is 18.1 Å². The number of thioether (sulfide) groups is 1. The molecule has 0 saturated carbocycles. The van der Waals surface area contributed by atoms with Gasteiger partial charge in [0.05, 0.1) is 19.0 Å². The lowest BCUT2D eigenvalue weighted by molar-refractivity contribution is -0.145. The van der Waals surface area contributed by atoms with E-state index in [-0.39, 0.29) is 18.3 Å². The van der Waals surface area contributed by atoms with Gasteiger partial charge in [-0.3, -0.25) is 14.5 Å². The van der Waals surface area contributed by atoms with E-state index in [0.29, 0.717) is 6.54 Å². The van der Waals surface area contributed by atoms with Gasteiger partial charge in [0.1, 0.15) is 16.2 Å². The van der Waals surface area contributed by atoms with E-state index in [2.05, 4.69) is 26.3 Å². The predicted molar refractivity (Wildman–Crippen MR) is 123 cm³/mol. The second-order valence-corrected chi connectivity index (χ2v) is 9.06. The Balaban J connectivity index is 1.20. The first-order valence-corrected chi connectivity index (χ1v) is 12.2. The highest BCUT2D eigenvalue weighted by molar-refractivity contribution is 8.00. The molecule has 0 spiro atoms. The molecular weight excluding hydrogens is 448 g/mol. The molecule has 0 aliphatic carbocycles. The summed E-state index contributed by atoms with van der Waals surface area (Å²) in [6.07, 6.45) is 1.48. The standard InChI is InChI=1S/C22H24N4O4S2/c27-19(13-30-20(28)14-32-22-18-5-10-31-21(18)24-15-25-22)23-11-16-3-1-2-4-17(16)12-26-6-8-29-9-7-26/h1-5,10,15H,6-9,11-14H2,(H,23,27). The fourth-order valence-electron chi connectivity index (χ4n) is 3.33. The Morgan fingerprint density at radius 2 is 1.97 bits per heavy atom. The molecule has 1 amide bonds. The molecule has 1 aromatic carbocycles. The molecule has 3 heterocycles. The smallest absolute Gasteiger partial charge is 0.316 e. The number of benzene rings is 1. The van der Waals surface area contributed by atoms with Crippen molar-refractivity contribution in [3.8, 4) is 0 Å². The van der Waals surface area contributed by atoms with E-state index in [4.69, 9.17) is 9.47 Å². The number of morpholine rings is 1. The Bertz CT molecular complexity index is 1070. The highest BCUT2D eigenvalue weighted by Crippen LogP contribution is 2.27. The molecule has 3 aromatic rings. The van der Waals surface area contributed by atoms with E-state index in [1.807, 2.05) is 29.6 Å². The molecule has 2 aromatic heterocycles. The summed E-state index contributed by atoms with van der Waals surface area (Å²) in [5.41, 5.74) is 2.23. The van der Waals surface area contributed by atoms with Gasteiger partial charge in [0.2, 0.25) is 0 Å². The van der Waals surface area contributed by atoms with Gasteiger partial charge in [-0.05, 0) is 22.6 Å². The van der Waals surface area contributed by atoms with Gasteiger partial charge < -0.3 is 14.8 Å². The zero-order valence-electron chi connectivity index (χ0n) is 17.5. The van der Waals surface area contributed by atoms with Gasteiger partial charge in [0, 0.05) is 31.6 Å². The predicted octanol–water partition coefficient (Wildman–Crippen LogP) is 2.48. The van der Waals surface area contributed by atoms with Crippen LogP contribution in [0.4, 0.5) is 0 Å². The largest absolute Gasteiger partial charge is 0.455 e. The summed E-state index contributed by atoms with van der Waals surface area (Å²) in [6.45, 7) is 4.21. The second-order valence-electron chi connectivity index (χ2n) is 7.20. The number of nitrogens with zero attached hydrogens (tertiary/aromatic N) is 3. The lowest BCUT2D eigenvalue weighted by Crippen LogP contribution is -2.36. The average molecular weight is 473 g/mol. The third-order valence-electron chi connectivity index (χ3n) is 5.01. The number of hydrogen-bond donors (Lipinski definition) is 1. The topological polar surface area (TPSA) is 93.7 Å². The highest BCUT2D eigenvalue weighted by Gasteiger charge is 2.14. The minimum absolute atomic E-state index is 0.0810. The number of carbonyl (C=O) groups excluding carboxylic acids is 2. The van der Waals surface area contributed by atoms with E-state index in [9.17, 15) is 9.59 Å². The van der Waals surface area contributed by atoms with Crippen molar-refractivity contribution in [1.82, 2.24) is 20.2 Å². The number of nitrogens with one attached hydrogen (secondary N) is 1. The summed E-state index contributed by atoms with van der Waals surface area (Å²) >= 11 is 2.80. The molecule has 1 saturated heterocycles. The number of carbonyl (C=O) groups is 2. The monoisotopic (exact) mass is 472 g/mol. The molecule has 0 atom stereocenters. The van der Waals surface area contributed by atoms with Gasteiger partial charge in [-0.2, -0.15) is 0 Å². The Morgan fingerprint density at radius 1 is 1.16 bits per heavy atom. The van der Waals surface area contributed by atoms with Crippen molar-refractivity contribution in [3.05, 3.63) is 53.2 Å². The molecule has 1 N–H and O–H groups in total. The molecule has 0 radical (unpaired) electrons. The van der Waals surface area contributed by atoms with Crippen LogP contribution >= 0.6 is 23.1 Å². The van der Waals surface area contributed by atoms with Crippen molar-refractivity contribution >= 4 is 45.2 Å². The van der Waals surface area contributed by atoms with Crippen molar-refractivity contribution < 1.29 is 19.1 Å². The maximum Gasteiger partial charge on any atom is 0.316 e. The van der Waals surface area contributed by atoms with Crippen LogP contribution in [0.3, 0.4) is 0 Å². The first-order chi connectivity index (χ1) is 15.7. The van der Waals surface area contributed by atoms with Crippen molar-refractivity contribution in [3.63, 3.8) is 0 Å². The molecule has 4 rings (SSSR count). The molecule has 1 aliphatic rings. The third-order valence-corrected chi connectivity index (χ3v) is 6.81. The van der Waals surface area contributed by atoms with Crippen LogP contribution in [0, 0.1) is 0 Å². The van der Waals surface area contributed by atoms with Gasteiger partial charge in [0.25, 0.3) is 5.91 Å². The summed E-state index contributed by atoms with van der Waals surface area (Å²) < 4.78 is 10.5. The van der Waals surface area contributed by atoms with Crippen molar-refractivity contribution in [2.24, 2.45) is 0 Å². The van der Waals surface area contributed by atoms with Gasteiger partial charge in [-0.15, -0.1) is 11.3 Å². The van der Waals surface area contributed by atoms with Crippen LogP contribution in [-0.4, -0.2) is 65.4 Å². The summed E-state index contributed by atoms with van der Waals surface area (Å²) in [7, 11) is 0. The number of fused-ring (bicyclic) bond motifs is 1. The number of amides is 1. The zero-order valence-corrected chi connectivity index (χ0v) is 19.1. The van der Waals surface area contributed by atoms with Gasteiger partial charge in [0.15, 0.2) is 6.61 Å². The van der Waals surface area contributed by atoms with Crippen LogP contribution in [0.1, 0.15) is 11.1 Å². The first kappa shape index (κ1) is 22.7. The Labute approximate surface area is 194 Å². The lowest BCUT2D eigenvalue weighted by Gasteiger charge is -2.27. The summed E-state index contributed by atoms with van der Waals surface area (Å²) in [4.78, 5) is 35.9. The maximum atomic E-state index is 12.2. The molecule has 0 bridgehead atoms. The first-order valence-electron chi connectivity index (χ1n) is 10.3. The van der Waals surface area contributed by atoms with Crippen LogP contribution in [0.5, 0.6) is 0 Å². The molecule has 1 fully saturated rings. The van der Waals surface area contributed by atoms with Crippen LogP contribution in [0.2, 0.25) is 0 Å². The van der Waals surface area contributed by atoms with Crippen LogP contribution in [-0.2, 0) is 32.2 Å². The normalized spacial score (nSPS) is 14.4. The van der Waals surface area contributed by atoms with Gasteiger partial charge >= 0.3 is 5.97 Å². The summed E-state index contributed by atoms with van der Waals surface area (Å²) in [6, 6.07) is 9.97. The molecular formula is C22H24N4O4S2. The van der Waals surface area contributed by atoms with Crippen molar-refractivity contribution in [1.29, 1.82) is 0 Å². The number of thiophene rings is 1. The SMILES string of the molecule is O=C(COC(=O)CSc1ncnc2sccc12)NCc1ccccc1CN1CCOCC1. The minimum Gasteiger partial charge on any atom is -0.455 e. The average Bonchev–Trinajstić information content (AvgIpc) is 3.31. The molecule has 168 valence electrons.